The highest BCUT2D eigenvalue weighted by atomic mass is 16.3. The summed E-state index contributed by atoms with van der Waals surface area (Å²) in [5.41, 5.74) is -0.190. The zero-order valence-electron chi connectivity index (χ0n) is 12.7. The number of urea groups is 1. The second kappa shape index (κ2) is 7.45. The smallest absolute Gasteiger partial charge is 0.314 e. The van der Waals surface area contributed by atoms with Crippen LogP contribution in [0.5, 0.6) is 0 Å². The van der Waals surface area contributed by atoms with Crippen LogP contribution in [0.4, 0.5) is 4.79 Å². The number of carbonyl (C=O) groups is 1. The van der Waals surface area contributed by atoms with E-state index < -0.39 is 0 Å². The molecule has 2 atom stereocenters. The molecule has 2 amide bonds. The van der Waals surface area contributed by atoms with Gasteiger partial charge in [-0.25, -0.2) is 4.79 Å². The van der Waals surface area contributed by atoms with Gasteiger partial charge in [0.05, 0.1) is 6.10 Å². The van der Waals surface area contributed by atoms with Gasteiger partial charge in [0.1, 0.15) is 0 Å². The van der Waals surface area contributed by atoms with Gasteiger partial charge < -0.3 is 15.7 Å². The van der Waals surface area contributed by atoms with E-state index in [-0.39, 0.29) is 17.6 Å². The zero-order chi connectivity index (χ0) is 15.1. The number of carbonyl (C=O) groups excluding carboxylic acids is 1. The number of aryl methyl sites for hydroxylation is 1. The van der Waals surface area contributed by atoms with Crippen LogP contribution in [0, 0.1) is 5.41 Å². The number of aromatic nitrogens is 2. The number of rotatable bonds is 6. The van der Waals surface area contributed by atoms with Crippen LogP contribution in [0.15, 0.2) is 18.5 Å². The van der Waals surface area contributed by atoms with Crippen molar-refractivity contribution in [3.63, 3.8) is 0 Å². The molecular weight excluding hydrogens is 268 g/mol. The molecule has 0 aliphatic heterocycles. The summed E-state index contributed by atoms with van der Waals surface area (Å²) >= 11 is 0. The van der Waals surface area contributed by atoms with Gasteiger partial charge in [-0.1, -0.05) is 19.8 Å². The second-order valence-corrected chi connectivity index (χ2v) is 6.15. The van der Waals surface area contributed by atoms with Crippen molar-refractivity contribution in [1.29, 1.82) is 0 Å². The molecule has 1 aliphatic carbocycles. The summed E-state index contributed by atoms with van der Waals surface area (Å²) in [5, 5.41) is 19.9. The largest absolute Gasteiger partial charge is 0.392 e. The third-order valence-corrected chi connectivity index (χ3v) is 4.34. The van der Waals surface area contributed by atoms with E-state index in [1.165, 1.54) is 0 Å². The molecule has 0 radical (unpaired) electrons. The van der Waals surface area contributed by atoms with Crippen molar-refractivity contribution in [2.24, 2.45) is 5.41 Å². The van der Waals surface area contributed by atoms with Crippen LogP contribution < -0.4 is 10.6 Å². The third kappa shape index (κ3) is 4.74. The van der Waals surface area contributed by atoms with Gasteiger partial charge in [-0.15, -0.1) is 0 Å². The van der Waals surface area contributed by atoms with Gasteiger partial charge in [-0.2, -0.15) is 5.10 Å². The molecule has 21 heavy (non-hydrogen) atoms. The van der Waals surface area contributed by atoms with Crippen LogP contribution in [0.2, 0.25) is 0 Å². The Kier molecular flexibility index (Phi) is 5.61. The molecule has 2 unspecified atom stereocenters. The lowest BCUT2D eigenvalue weighted by Crippen LogP contribution is -2.47. The first-order valence-electron chi connectivity index (χ1n) is 7.77. The van der Waals surface area contributed by atoms with E-state index in [9.17, 15) is 9.90 Å². The minimum Gasteiger partial charge on any atom is -0.392 e. The average molecular weight is 294 g/mol. The van der Waals surface area contributed by atoms with E-state index in [0.29, 0.717) is 13.1 Å². The standard InChI is InChI=1S/C15H26N4O2/c1-15(7-3-2-6-13(15)20)12-17-14(21)16-8-4-10-19-11-5-9-18-19/h5,9,11,13,20H,2-4,6-8,10,12H2,1H3,(H2,16,17,21). The summed E-state index contributed by atoms with van der Waals surface area (Å²) in [6.07, 6.45) is 8.19. The van der Waals surface area contributed by atoms with Crippen molar-refractivity contribution in [3.05, 3.63) is 18.5 Å². The topological polar surface area (TPSA) is 79.2 Å². The van der Waals surface area contributed by atoms with Crippen molar-refractivity contribution in [1.82, 2.24) is 20.4 Å². The predicted octanol–water partition coefficient (Wildman–Crippen LogP) is 1.51. The highest BCUT2D eigenvalue weighted by molar-refractivity contribution is 5.73. The minimum atomic E-state index is -0.314. The first-order valence-corrected chi connectivity index (χ1v) is 7.77. The number of nitrogens with one attached hydrogen (secondary N) is 2. The summed E-state index contributed by atoms with van der Waals surface area (Å²) in [4.78, 5) is 11.8. The molecule has 1 heterocycles. The lowest BCUT2D eigenvalue weighted by atomic mass is 9.73. The average Bonchev–Trinajstić information content (AvgIpc) is 2.98. The Labute approximate surface area is 125 Å². The van der Waals surface area contributed by atoms with Crippen molar-refractivity contribution in [3.8, 4) is 0 Å². The molecular formula is C15H26N4O2. The maximum atomic E-state index is 11.8. The van der Waals surface area contributed by atoms with Gasteiger partial charge in [0.2, 0.25) is 0 Å². The molecule has 6 nitrogen and oxygen atoms in total. The van der Waals surface area contributed by atoms with Gasteiger partial charge in [0.25, 0.3) is 0 Å². The number of nitrogens with zero attached hydrogens (tertiary/aromatic N) is 2. The predicted molar refractivity (Wildman–Crippen MR) is 80.8 cm³/mol. The van der Waals surface area contributed by atoms with Gasteiger partial charge in [-0.3, -0.25) is 4.68 Å². The van der Waals surface area contributed by atoms with Crippen LogP contribution in [-0.2, 0) is 6.54 Å². The first kappa shape index (κ1) is 15.8. The van der Waals surface area contributed by atoms with Gasteiger partial charge >= 0.3 is 6.03 Å². The summed E-state index contributed by atoms with van der Waals surface area (Å²) in [6.45, 7) is 3.99. The molecule has 2 rings (SSSR count). The quantitative estimate of drug-likeness (QED) is 0.696. The Morgan fingerprint density at radius 1 is 1.48 bits per heavy atom. The fourth-order valence-electron chi connectivity index (χ4n) is 2.81. The molecule has 6 heteroatoms. The van der Waals surface area contributed by atoms with E-state index in [1.807, 2.05) is 16.9 Å². The molecule has 3 N–H and O–H groups in total. The van der Waals surface area contributed by atoms with E-state index in [2.05, 4.69) is 22.7 Å². The highest BCUT2D eigenvalue weighted by Crippen LogP contribution is 2.35. The van der Waals surface area contributed by atoms with Gasteiger partial charge in [0, 0.05) is 37.4 Å². The molecule has 0 saturated heterocycles. The van der Waals surface area contributed by atoms with Crippen LogP contribution in [0.3, 0.4) is 0 Å². The Bertz CT molecular complexity index is 435. The Hall–Kier alpha value is -1.56. The lowest BCUT2D eigenvalue weighted by Gasteiger charge is -2.38. The zero-order valence-corrected chi connectivity index (χ0v) is 12.7. The molecule has 1 aromatic heterocycles. The maximum absolute atomic E-state index is 11.8. The third-order valence-electron chi connectivity index (χ3n) is 4.34. The normalized spacial score (nSPS) is 25.5. The Morgan fingerprint density at radius 2 is 2.33 bits per heavy atom. The molecule has 0 aromatic carbocycles. The summed E-state index contributed by atoms with van der Waals surface area (Å²) in [7, 11) is 0. The van der Waals surface area contributed by atoms with Crippen molar-refractivity contribution >= 4 is 6.03 Å². The van der Waals surface area contributed by atoms with E-state index in [1.54, 1.807) is 6.20 Å². The Balaban J connectivity index is 1.61. The number of aliphatic hydroxyl groups excluding tert-OH is 1. The molecule has 0 spiro atoms. The van der Waals surface area contributed by atoms with Gasteiger partial charge in [0.15, 0.2) is 0 Å². The molecule has 1 aromatic rings. The number of hydrogen-bond acceptors (Lipinski definition) is 3. The molecule has 1 saturated carbocycles. The summed E-state index contributed by atoms with van der Waals surface area (Å²) in [5.74, 6) is 0. The van der Waals surface area contributed by atoms with Crippen molar-refractivity contribution < 1.29 is 9.90 Å². The van der Waals surface area contributed by atoms with Gasteiger partial charge in [-0.05, 0) is 25.3 Å². The van der Waals surface area contributed by atoms with Crippen molar-refractivity contribution in [2.45, 2.75) is 51.7 Å². The maximum Gasteiger partial charge on any atom is 0.314 e. The van der Waals surface area contributed by atoms with E-state index in [4.69, 9.17) is 0 Å². The minimum absolute atomic E-state index is 0.158. The van der Waals surface area contributed by atoms with E-state index in [0.717, 1.165) is 38.6 Å². The van der Waals surface area contributed by atoms with Crippen LogP contribution in [0.25, 0.3) is 0 Å². The fraction of sp³-hybridized carbons (Fsp3) is 0.733. The Morgan fingerprint density at radius 3 is 3.05 bits per heavy atom. The van der Waals surface area contributed by atoms with E-state index >= 15 is 0 Å². The number of amides is 2. The summed E-state index contributed by atoms with van der Waals surface area (Å²) in [6, 6.07) is 1.73. The SMILES string of the molecule is CC1(CNC(=O)NCCCn2cccn2)CCCCC1O. The molecule has 1 aliphatic rings. The summed E-state index contributed by atoms with van der Waals surface area (Å²) < 4.78 is 1.85. The molecule has 1 fully saturated rings. The highest BCUT2D eigenvalue weighted by Gasteiger charge is 2.35. The molecule has 118 valence electrons. The molecule has 0 bridgehead atoms. The van der Waals surface area contributed by atoms with Crippen LogP contribution in [-0.4, -0.2) is 40.1 Å². The lowest BCUT2D eigenvalue weighted by molar-refractivity contribution is 0.00309. The van der Waals surface area contributed by atoms with Crippen LogP contribution >= 0.6 is 0 Å². The monoisotopic (exact) mass is 294 g/mol. The van der Waals surface area contributed by atoms with Crippen LogP contribution in [0.1, 0.15) is 39.0 Å². The number of hydrogen-bond donors (Lipinski definition) is 3. The first-order chi connectivity index (χ1) is 10.1. The number of aliphatic hydroxyl groups is 1. The fourth-order valence-corrected chi connectivity index (χ4v) is 2.81. The second-order valence-electron chi connectivity index (χ2n) is 6.15. The van der Waals surface area contributed by atoms with Crippen molar-refractivity contribution in [2.75, 3.05) is 13.1 Å².